The molecule has 2 rings (SSSR count). The number of benzene rings is 1. The van der Waals surface area contributed by atoms with Gasteiger partial charge in [0.2, 0.25) is 0 Å². The van der Waals surface area contributed by atoms with Crippen LogP contribution >= 0.6 is 24.0 Å². The van der Waals surface area contributed by atoms with E-state index in [0.717, 1.165) is 11.3 Å². The molecule has 0 saturated heterocycles. The van der Waals surface area contributed by atoms with Gasteiger partial charge in [-0.15, -0.1) is 12.4 Å². The molecule has 1 aliphatic rings. The lowest BCUT2D eigenvalue weighted by molar-refractivity contribution is 0.333. The van der Waals surface area contributed by atoms with Crippen LogP contribution in [0.15, 0.2) is 18.2 Å². The summed E-state index contributed by atoms with van der Waals surface area (Å²) in [7, 11) is 0. The van der Waals surface area contributed by atoms with Gasteiger partial charge in [0.05, 0.1) is 6.04 Å². The summed E-state index contributed by atoms with van der Waals surface area (Å²) < 4.78 is 5.28. The number of hydrogen-bond acceptors (Lipinski definition) is 2. The first-order chi connectivity index (χ1) is 5.27. The number of nitrogens with two attached hydrogens (primary N) is 1. The van der Waals surface area contributed by atoms with E-state index in [9.17, 15) is 0 Å². The van der Waals surface area contributed by atoms with E-state index in [-0.39, 0.29) is 18.4 Å². The van der Waals surface area contributed by atoms with Crippen molar-refractivity contribution >= 4 is 24.0 Å². The zero-order chi connectivity index (χ0) is 7.84. The molecule has 0 fully saturated rings. The first-order valence-corrected chi connectivity index (χ1v) is 3.83. The standard InChI is InChI=1S/C8H8ClNO.ClH/c9-5-1-2-8-6(3-5)7(10)4-11-8;/h1-3,7H,4,10H2;1H/t7-;/m0./s1. The average Bonchev–Trinajstić information content (AvgIpc) is 2.33. The molecular weight excluding hydrogens is 197 g/mol. The average molecular weight is 206 g/mol. The Bertz CT molecular complexity index is 290. The minimum Gasteiger partial charge on any atom is -0.491 e. The van der Waals surface area contributed by atoms with Crippen molar-refractivity contribution in [3.63, 3.8) is 0 Å². The second kappa shape index (κ2) is 3.52. The second-order valence-corrected chi connectivity index (χ2v) is 3.04. The molecule has 1 aromatic carbocycles. The molecule has 0 radical (unpaired) electrons. The Labute approximate surface area is 82.1 Å². The van der Waals surface area contributed by atoms with Crippen molar-refractivity contribution in [1.29, 1.82) is 0 Å². The summed E-state index contributed by atoms with van der Waals surface area (Å²) in [6, 6.07) is 5.50. The Morgan fingerprint density at radius 2 is 2.25 bits per heavy atom. The number of rotatable bonds is 0. The first kappa shape index (κ1) is 9.65. The first-order valence-electron chi connectivity index (χ1n) is 3.45. The van der Waals surface area contributed by atoms with Crippen molar-refractivity contribution in [3.05, 3.63) is 28.8 Å². The van der Waals surface area contributed by atoms with Gasteiger partial charge in [-0.3, -0.25) is 0 Å². The van der Waals surface area contributed by atoms with Gasteiger partial charge in [0, 0.05) is 10.6 Å². The maximum atomic E-state index is 5.78. The van der Waals surface area contributed by atoms with E-state index < -0.39 is 0 Å². The lowest BCUT2D eigenvalue weighted by Gasteiger charge is -1.99. The van der Waals surface area contributed by atoms with Crippen molar-refractivity contribution in [2.45, 2.75) is 6.04 Å². The zero-order valence-electron chi connectivity index (χ0n) is 6.29. The van der Waals surface area contributed by atoms with Crippen LogP contribution in [0.1, 0.15) is 11.6 Å². The number of halogens is 2. The number of fused-ring (bicyclic) bond motifs is 1. The number of hydrogen-bond donors (Lipinski definition) is 1. The predicted molar refractivity (Wildman–Crippen MR) is 51.1 cm³/mol. The molecule has 0 saturated carbocycles. The van der Waals surface area contributed by atoms with E-state index in [1.807, 2.05) is 12.1 Å². The van der Waals surface area contributed by atoms with E-state index in [0.29, 0.717) is 11.6 Å². The molecule has 1 aromatic rings. The van der Waals surface area contributed by atoms with Crippen molar-refractivity contribution in [3.8, 4) is 5.75 Å². The predicted octanol–water partition coefficient (Wildman–Crippen LogP) is 2.15. The van der Waals surface area contributed by atoms with E-state index in [1.165, 1.54) is 0 Å². The molecule has 66 valence electrons. The molecule has 0 aliphatic carbocycles. The van der Waals surface area contributed by atoms with Gasteiger partial charge >= 0.3 is 0 Å². The SMILES string of the molecule is Cl.N[C@H]1COc2ccc(Cl)cc21. The fourth-order valence-electron chi connectivity index (χ4n) is 1.21. The third-order valence-electron chi connectivity index (χ3n) is 1.79. The summed E-state index contributed by atoms with van der Waals surface area (Å²) in [4.78, 5) is 0. The summed E-state index contributed by atoms with van der Waals surface area (Å²) in [5.41, 5.74) is 6.74. The third kappa shape index (κ3) is 1.51. The van der Waals surface area contributed by atoms with Gasteiger partial charge in [0.25, 0.3) is 0 Å². The maximum Gasteiger partial charge on any atom is 0.124 e. The molecule has 0 bridgehead atoms. The topological polar surface area (TPSA) is 35.2 Å². The van der Waals surface area contributed by atoms with Gasteiger partial charge in [-0.2, -0.15) is 0 Å². The van der Waals surface area contributed by atoms with Gasteiger partial charge in [0.15, 0.2) is 0 Å². The Morgan fingerprint density at radius 1 is 1.50 bits per heavy atom. The Kier molecular flexibility index (Phi) is 2.83. The van der Waals surface area contributed by atoms with E-state index in [4.69, 9.17) is 22.1 Å². The molecule has 2 nitrogen and oxygen atoms in total. The largest absolute Gasteiger partial charge is 0.491 e. The Morgan fingerprint density at radius 3 is 3.00 bits per heavy atom. The molecule has 12 heavy (non-hydrogen) atoms. The van der Waals surface area contributed by atoms with Crippen LogP contribution in [-0.4, -0.2) is 6.61 Å². The Hall–Kier alpha value is -0.440. The van der Waals surface area contributed by atoms with Gasteiger partial charge in [-0.25, -0.2) is 0 Å². The third-order valence-corrected chi connectivity index (χ3v) is 2.02. The second-order valence-electron chi connectivity index (χ2n) is 2.60. The summed E-state index contributed by atoms with van der Waals surface area (Å²) in [5, 5.41) is 0.713. The zero-order valence-corrected chi connectivity index (χ0v) is 7.86. The van der Waals surface area contributed by atoms with Gasteiger partial charge in [-0.05, 0) is 18.2 Å². The van der Waals surface area contributed by atoms with Crippen LogP contribution in [0.25, 0.3) is 0 Å². The van der Waals surface area contributed by atoms with Gasteiger partial charge < -0.3 is 10.5 Å². The smallest absolute Gasteiger partial charge is 0.124 e. The molecular formula is C8H9Cl2NO. The van der Waals surface area contributed by atoms with Crippen LogP contribution in [0.3, 0.4) is 0 Å². The molecule has 2 N–H and O–H groups in total. The van der Waals surface area contributed by atoms with Crippen molar-refractivity contribution in [1.82, 2.24) is 0 Å². The normalized spacial score (nSPS) is 19.3. The molecule has 0 aromatic heterocycles. The fraction of sp³-hybridized carbons (Fsp3) is 0.250. The maximum absolute atomic E-state index is 5.78. The summed E-state index contributed by atoms with van der Waals surface area (Å²) in [5.74, 6) is 0.863. The molecule has 0 amide bonds. The van der Waals surface area contributed by atoms with Gasteiger partial charge in [0.1, 0.15) is 12.4 Å². The lowest BCUT2D eigenvalue weighted by atomic mass is 10.1. The highest BCUT2D eigenvalue weighted by Gasteiger charge is 2.19. The van der Waals surface area contributed by atoms with E-state index in [1.54, 1.807) is 6.07 Å². The van der Waals surface area contributed by atoms with Crippen LogP contribution in [0.2, 0.25) is 5.02 Å². The van der Waals surface area contributed by atoms with Crippen molar-refractivity contribution < 1.29 is 4.74 Å². The minimum atomic E-state index is -0.0105. The molecule has 0 unspecified atom stereocenters. The highest BCUT2D eigenvalue weighted by atomic mass is 35.5. The molecule has 0 spiro atoms. The quantitative estimate of drug-likeness (QED) is 0.705. The van der Waals surface area contributed by atoms with Crippen LogP contribution in [0.5, 0.6) is 5.75 Å². The van der Waals surface area contributed by atoms with Crippen molar-refractivity contribution in [2.75, 3.05) is 6.61 Å². The molecule has 4 heteroatoms. The Balaban J connectivity index is 0.000000720. The highest BCUT2D eigenvalue weighted by Crippen LogP contribution is 2.32. The van der Waals surface area contributed by atoms with Crippen LogP contribution in [0, 0.1) is 0 Å². The summed E-state index contributed by atoms with van der Waals surface area (Å²) in [6.07, 6.45) is 0. The molecule has 1 atom stereocenters. The number of ether oxygens (including phenoxy) is 1. The van der Waals surface area contributed by atoms with Crippen molar-refractivity contribution in [2.24, 2.45) is 5.73 Å². The monoisotopic (exact) mass is 205 g/mol. The van der Waals surface area contributed by atoms with Gasteiger partial charge in [-0.1, -0.05) is 11.6 Å². The van der Waals surface area contributed by atoms with Crippen LogP contribution < -0.4 is 10.5 Å². The minimum absolute atomic E-state index is 0. The van der Waals surface area contributed by atoms with E-state index >= 15 is 0 Å². The highest BCUT2D eigenvalue weighted by molar-refractivity contribution is 6.30. The fourth-order valence-corrected chi connectivity index (χ4v) is 1.39. The molecule has 1 heterocycles. The molecule has 1 aliphatic heterocycles. The summed E-state index contributed by atoms with van der Waals surface area (Å²) in [6.45, 7) is 0.565. The lowest BCUT2D eigenvalue weighted by Crippen LogP contribution is -2.10. The van der Waals surface area contributed by atoms with Crippen LogP contribution in [0.4, 0.5) is 0 Å². The van der Waals surface area contributed by atoms with E-state index in [2.05, 4.69) is 0 Å². The van der Waals surface area contributed by atoms with Crippen LogP contribution in [-0.2, 0) is 0 Å². The summed E-state index contributed by atoms with van der Waals surface area (Å²) >= 11 is 5.78.